The van der Waals surface area contributed by atoms with Crippen LogP contribution in [-0.4, -0.2) is 148 Å². The van der Waals surface area contributed by atoms with Gasteiger partial charge in [-0.05, 0) is 90.4 Å². The Morgan fingerprint density at radius 2 is 0.973 bits per heavy atom. The average molecular weight is 1040 g/mol. The minimum absolute atomic E-state index is 0.333. The standard InChI is InChI=1S/2C27H35N9S/c1-18-16-37-27(32-18)29-15-19-3-5-20(6-4-19)24-23-25(28)30-17-31-26(23)36(33-24)22-9-7-21(8-10-22)35-13-11-34(2)12-14-35;1-18-15-29-27(37-18)30-16-19-3-5-20(6-4-19)24-23-25(28)31-17-32-26(23)36(33-24)22-9-7-21(8-10-22)35-13-11-34(2)12-14-35/h3-6,16-17,21-22H,7-15H2,1-2H3,(H,29,32)(H2,28,30,31);3-6,15,17,21-22H,7-14,16H2,1-2H3,(H,29,30)(H2,28,31,32). The zero-order chi connectivity index (χ0) is 50.7. The Balaban J connectivity index is 0.000000159. The van der Waals surface area contributed by atoms with E-state index in [1.165, 1.54) is 94.0 Å². The van der Waals surface area contributed by atoms with E-state index < -0.39 is 0 Å². The van der Waals surface area contributed by atoms with E-state index in [4.69, 9.17) is 21.7 Å². The van der Waals surface area contributed by atoms with Crippen molar-refractivity contribution in [2.24, 2.45) is 0 Å². The van der Waals surface area contributed by atoms with Crippen molar-refractivity contribution in [2.45, 2.75) is 102 Å². The SMILES string of the molecule is Cc1cnc(NCc2ccc(-c3nn(C4CCC(N5CCN(C)CC5)CC4)c4ncnc(N)c34)cc2)s1.Cc1csc(NCc2ccc(-c3nn(C4CCC(N5CCN(C)CC5)CC4)c4ncnc(N)c34)cc2)n1. The van der Waals surface area contributed by atoms with Gasteiger partial charge in [0.1, 0.15) is 35.7 Å². The van der Waals surface area contributed by atoms with E-state index in [0.717, 1.165) is 99.3 Å². The number of thiazole rings is 2. The van der Waals surface area contributed by atoms with Gasteiger partial charge in [0.2, 0.25) is 0 Å². The van der Waals surface area contributed by atoms with E-state index in [9.17, 15) is 0 Å². The van der Waals surface area contributed by atoms with E-state index in [0.29, 0.717) is 35.8 Å². The van der Waals surface area contributed by atoms with Crippen molar-refractivity contribution in [3.63, 3.8) is 0 Å². The van der Waals surface area contributed by atoms with Gasteiger partial charge in [-0.15, -0.1) is 22.7 Å². The Morgan fingerprint density at radius 1 is 0.541 bits per heavy atom. The van der Waals surface area contributed by atoms with Crippen molar-refractivity contribution >= 4 is 66.6 Å². The van der Waals surface area contributed by atoms with Crippen LogP contribution in [0.5, 0.6) is 0 Å². The molecule has 6 aromatic heterocycles. The molecular formula is C54H70N18S2. The molecule has 0 amide bonds. The number of aryl methyl sites for hydroxylation is 2. The number of nitrogens with two attached hydrogens (primary N) is 2. The lowest BCUT2D eigenvalue weighted by atomic mass is 9.90. The summed E-state index contributed by atoms with van der Waals surface area (Å²) in [5.74, 6) is 0.976. The average Bonchev–Trinajstić information content (AvgIpc) is 4.25. The van der Waals surface area contributed by atoms with Crippen LogP contribution >= 0.6 is 22.7 Å². The van der Waals surface area contributed by atoms with Crippen molar-refractivity contribution in [3.8, 4) is 22.5 Å². The predicted octanol–water partition coefficient (Wildman–Crippen LogP) is 8.37. The highest BCUT2D eigenvalue weighted by atomic mass is 32.1. The lowest BCUT2D eigenvalue weighted by Gasteiger charge is -2.41. The molecule has 8 heterocycles. The largest absolute Gasteiger partial charge is 0.383 e. The molecule has 2 aromatic carbocycles. The van der Waals surface area contributed by atoms with Gasteiger partial charge in [-0.25, -0.2) is 39.3 Å². The third-order valence-electron chi connectivity index (χ3n) is 15.8. The first-order valence-corrected chi connectivity index (χ1v) is 28.1. The van der Waals surface area contributed by atoms with E-state index in [1.807, 2.05) is 13.1 Å². The summed E-state index contributed by atoms with van der Waals surface area (Å²) >= 11 is 3.30. The molecule has 4 aliphatic rings. The summed E-state index contributed by atoms with van der Waals surface area (Å²) in [6, 6.07) is 19.0. The molecule has 0 bridgehead atoms. The Kier molecular flexibility index (Phi) is 15.1. The molecule has 18 nitrogen and oxygen atoms in total. The van der Waals surface area contributed by atoms with Crippen LogP contribution in [0.25, 0.3) is 44.6 Å². The quantitative estimate of drug-likeness (QED) is 0.0908. The second-order valence-electron chi connectivity index (χ2n) is 20.8. The molecule has 4 fully saturated rings. The molecule has 8 aromatic rings. The Hall–Kier alpha value is -6.16. The van der Waals surface area contributed by atoms with Crippen LogP contribution in [0, 0.1) is 13.8 Å². The molecular weight excluding hydrogens is 965 g/mol. The maximum atomic E-state index is 6.38. The van der Waals surface area contributed by atoms with Crippen molar-refractivity contribution in [1.82, 2.24) is 69.1 Å². The number of rotatable bonds is 12. The molecule has 6 N–H and O–H groups in total. The van der Waals surface area contributed by atoms with Gasteiger partial charge in [0, 0.05) is 105 Å². The van der Waals surface area contributed by atoms with Crippen LogP contribution < -0.4 is 22.1 Å². The molecule has 0 radical (unpaired) electrons. The number of hydrogen-bond donors (Lipinski definition) is 4. The van der Waals surface area contributed by atoms with Gasteiger partial charge in [-0.1, -0.05) is 48.5 Å². The molecule has 2 saturated heterocycles. The smallest absolute Gasteiger partial charge is 0.183 e. The summed E-state index contributed by atoms with van der Waals surface area (Å²) in [6.07, 6.45) is 14.2. The summed E-state index contributed by atoms with van der Waals surface area (Å²) in [7, 11) is 4.44. The van der Waals surface area contributed by atoms with Crippen LogP contribution in [-0.2, 0) is 13.1 Å². The second kappa shape index (κ2) is 22.4. The maximum absolute atomic E-state index is 6.38. The monoisotopic (exact) mass is 1030 g/mol. The third-order valence-corrected chi connectivity index (χ3v) is 17.5. The highest BCUT2D eigenvalue weighted by Gasteiger charge is 2.33. The number of likely N-dealkylation sites (N-methyl/N-ethyl adjacent to an activating group) is 2. The molecule has 20 heteroatoms. The fraction of sp³-hybridized carbons (Fsp3) is 0.481. The van der Waals surface area contributed by atoms with Crippen molar-refractivity contribution in [1.29, 1.82) is 0 Å². The minimum Gasteiger partial charge on any atom is -0.383 e. The van der Waals surface area contributed by atoms with E-state index in [1.54, 1.807) is 35.3 Å². The van der Waals surface area contributed by atoms with Crippen molar-refractivity contribution in [3.05, 3.63) is 94.5 Å². The Bertz CT molecular complexity index is 2900. The number of nitrogen functional groups attached to an aromatic ring is 2. The number of piperazine rings is 2. The Morgan fingerprint density at radius 3 is 1.38 bits per heavy atom. The summed E-state index contributed by atoms with van der Waals surface area (Å²) in [5.41, 5.74) is 21.7. The van der Waals surface area contributed by atoms with E-state index in [-0.39, 0.29) is 0 Å². The van der Waals surface area contributed by atoms with Gasteiger partial charge in [0.05, 0.1) is 28.6 Å². The number of hydrogen-bond acceptors (Lipinski definition) is 18. The normalized spacial score (nSPS) is 21.5. The van der Waals surface area contributed by atoms with Crippen LogP contribution in [0.2, 0.25) is 0 Å². The van der Waals surface area contributed by atoms with Gasteiger partial charge in [-0.2, -0.15) is 10.2 Å². The molecule has 0 atom stereocenters. The van der Waals surface area contributed by atoms with Crippen LogP contribution in [0.4, 0.5) is 21.9 Å². The number of benzene rings is 2. The maximum Gasteiger partial charge on any atom is 0.183 e. The fourth-order valence-corrected chi connectivity index (χ4v) is 12.7. The molecule has 12 rings (SSSR count). The van der Waals surface area contributed by atoms with Gasteiger partial charge in [0.15, 0.2) is 21.6 Å². The molecule has 0 unspecified atom stereocenters. The first kappa shape index (κ1) is 50.0. The Labute approximate surface area is 441 Å². The first-order valence-electron chi connectivity index (χ1n) is 26.4. The highest BCUT2D eigenvalue weighted by Crippen LogP contribution is 2.39. The van der Waals surface area contributed by atoms with Crippen LogP contribution in [0.15, 0.2) is 72.8 Å². The first-order chi connectivity index (χ1) is 36.1. The molecule has 74 heavy (non-hydrogen) atoms. The van der Waals surface area contributed by atoms with Crippen molar-refractivity contribution in [2.75, 3.05) is 88.6 Å². The van der Waals surface area contributed by atoms with E-state index >= 15 is 0 Å². The zero-order valence-corrected chi connectivity index (χ0v) is 44.8. The lowest BCUT2D eigenvalue weighted by Crippen LogP contribution is -2.49. The summed E-state index contributed by atoms with van der Waals surface area (Å²) < 4.78 is 4.26. The number of nitrogens with one attached hydrogen (secondary N) is 2. The van der Waals surface area contributed by atoms with Crippen LogP contribution in [0.3, 0.4) is 0 Å². The topological polar surface area (TPSA) is 202 Å². The van der Waals surface area contributed by atoms with Gasteiger partial charge in [0.25, 0.3) is 0 Å². The third kappa shape index (κ3) is 11.1. The number of anilines is 4. The van der Waals surface area contributed by atoms with Gasteiger partial charge in [-0.3, -0.25) is 9.80 Å². The molecule has 2 saturated carbocycles. The fourth-order valence-electron chi connectivity index (χ4n) is 11.4. The summed E-state index contributed by atoms with van der Waals surface area (Å²) in [4.78, 5) is 38.2. The van der Waals surface area contributed by atoms with E-state index in [2.05, 4.69) is 144 Å². The van der Waals surface area contributed by atoms with Crippen LogP contribution in [0.1, 0.15) is 85.1 Å². The lowest BCUT2D eigenvalue weighted by molar-refractivity contribution is 0.0815. The number of aromatic nitrogens is 10. The molecule has 2 aliphatic carbocycles. The molecule has 388 valence electrons. The zero-order valence-electron chi connectivity index (χ0n) is 43.2. The summed E-state index contributed by atoms with van der Waals surface area (Å²) in [6.45, 7) is 14.9. The molecule has 0 spiro atoms. The molecule has 2 aliphatic heterocycles. The van der Waals surface area contributed by atoms with Gasteiger partial charge < -0.3 is 31.9 Å². The van der Waals surface area contributed by atoms with Crippen molar-refractivity contribution < 1.29 is 0 Å². The second-order valence-corrected chi connectivity index (χ2v) is 22.9. The summed E-state index contributed by atoms with van der Waals surface area (Å²) in [5, 5.41) is 22.7. The minimum atomic E-state index is 0.333. The highest BCUT2D eigenvalue weighted by molar-refractivity contribution is 7.15. The van der Waals surface area contributed by atoms with Gasteiger partial charge >= 0.3 is 0 Å². The number of fused-ring (bicyclic) bond motifs is 2. The predicted molar refractivity (Wildman–Crippen MR) is 299 cm³/mol. The number of nitrogens with zero attached hydrogens (tertiary/aromatic N) is 14.